The van der Waals surface area contributed by atoms with E-state index in [0.29, 0.717) is 12.3 Å². The lowest BCUT2D eigenvalue weighted by molar-refractivity contribution is 0.477. The molecule has 7 heteroatoms. The molecule has 22 heavy (non-hydrogen) atoms. The SMILES string of the molecule is Cc1c(C[C@H](C)N)sc2c(NCc3cc(O)cs3)cnnc12. The first-order valence-electron chi connectivity index (χ1n) is 7.04. The molecule has 0 saturated carbocycles. The van der Waals surface area contributed by atoms with Crippen LogP contribution in [0.25, 0.3) is 10.2 Å². The third-order valence-electron chi connectivity index (χ3n) is 3.40. The zero-order chi connectivity index (χ0) is 15.7. The fourth-order valence-electron chi connectivity index (χ4n) is 2.31. The Bertz CT molecular complexity index is 794. The highest BCUT2D eigenvalue weighted by Gasteiger charge is 2.14. The number of nitrogens with two attached hydrogens (primary N) is 1. The van der Waals surface area contributed by atoms with Crippen molar-refractivity contribution in [3.63, 3.8) is 0 Å². The van der Waals surface area contributed by atoms with E-state index in [1.165, 1.54) is 21.8 Å². The number of rotatable bonds is 5. The smallest absolute Gasteiger partial charge is 0.126 e. The van der Waals surface area contributed by atoms with Crippen LogP contribution in [0.1, 0.15) is 22.2 Å². The fourth-order valence-corrected chi connectivity index (χ4v) is 4.37. The Balaban J connectivity index is 1.89. The van der Waals surface area contributed by atoms with E-state index in [1.54, 1.807) is 29.0 Å². The molecule has 3 aromatic heterocycles. The quantitative estimate of drug-likeness (QED) is 0.667. The summed E-state index contributed by atoms with van der Waals surface area (Å²) in [6.45, 7) is 4.75. The highest BCUT2D eigenvalue weighted by Crippen LogP contribution is 2.34. The summed E-state index contributed by atoms with van der Waals surface area (Å²) in [6.07, 6.45) is 2.60. The maximum atomic E-state index is 9.40. The molecule has 116 valence electrons. The number of nitrogens with one attached hydrogen (secondary N) is 1. The first kappa shape index (κ1) is 15.2. The lowest BCUT2D eigenvalue weighted by Crippen LogP contribution is -2.17. The summed E-state index contributed by atoms with van der Waals surface area (Å²) < 4.78 is 1.11. The lowest BCUT2D eigenvalue weighted by atomic mass is 10.1. The number of thiophene rings is 2. The van der Waals surface area contributed by atoms with Gasteiger partial charge in [0, 0.05) is 27.7 Å². The second-order valence-corrected chi connectivity index (χ2v) is 7.49. The molecule has 0 amide bonds. The van der Waals surface area contributed by atoms with Gasteiger partial charge >= 0.3 is 0 Å². The minimum absolute atomic E-state index is 0.130. The van der Waals surface area contributed by atoms with Gasteiger partial charge in [0.25, 0.3) is 0 Å². The van der Waals surface area contributed by atoms with Crippen molar-refractivity contribution in [2.45, 2.75) is 32.9 Å². The predicted octanol–water partition coefficient (Wildman–Crippen LogP) is 3.27. The number of aromatic hydroxyl groups is 1. The average molecular weight is 334 g/mol. The number of hydrogen-bond acceptors (Lipinski definition) is 7. The van der Waals surface area contributed by atoms with Crippen LogP contribution in [0.5, 0.6) is 5.75 Å². The van der Waals surface area contributed by atoms with E-state index in [2.05, 4.69) is 22.4 Å². The number of aromatic nitrogens is 2. The van der Waals surface area contributed by atoms with Gasteiger partial charge in [0.05, 0.1) is 16.6 Å². The molecule has 4 N–H and O–H groups in total. The number of fused-ring (bicyclic) bond motifs is 1. The van der Waals surface area contributed by atoms with Crippen molar-refractivity contribution in [1.82, 2.24) is 10.2 Å². The Hall–Kier alpha value is -1.70. The minimum atomic E-state index is 0.130. The van der Waals surface area contributed by atoms with Gasteiger partial charge < -0.3 is 16.2 Å². The molecule has 0 fully saturated rings. The van der Waals surface area contributed by atoms with Gasteiger partial charge in [0.15, 0.2) is 0 Å². The molecular weight excluding hydrogens is 316 g/mol. The van der Waals surface area contributed by atoms with Gasteiger partial charge in [-0.25, -0.2) is 0 Å². The summed E-state index contributed by atoms with van der Waals surface area (Å²) in [6, 6.07) is 1.90. The van der Waals surface area contributed by atoms with E-state index < -0.39 is 0 Å². The van der Waals surface area contributed by atoms with E-state index >= 15 is 0 Å². The Morgan fingerprint density at radius 3 is 2.95 bits per heavy atom. The molecule has 0 aliphatic heterocycles. The molecule has 0 unspecified atom stereocenters. The van der Waals surface area contributed by atoms with E-state index in [4.69, 9.17) is 5.73 Å². The average Bonchev–Trinajstić information content (AvgIpc) is 3.02. The van der Waals surface area contributed by atoms with Crippen LogP contribution in [-0.4, -0.2) is 21.3 Å². The van der Waals surface area contributed by atoms with E-state index in [9.17, 15) is 5.11 Å². The maximum Gasteiger partial charge on any atom is 0.126 e. The third kappa shape index (κ3) is 3.06. The van der Waals surface area contributed by atoms with Crippen molar-refractivity contribution in [1.29, 1.82) is 0 Å². The lowest BCUT2D eigenvalue weighted by Gasteiger charge is -2.04. The van der Waals surface area contributed by atoms with Gasteiger partial charge in [0.1, 0.15) is 11.3 Å². The normalized spacial score (nSPS) is 12.7. The molecule has 0 aromatic carbocycles. The third-order valence-corrected chi connectivity index (χ3v) is 5.66. The number of hydrogen-bond donors (Lipinski definition) is 3. The Labute approximate surface area is 136 Å². The standard InChI is InChI=1S/C15H18N4OS2/c1-8(16)3-13-9(2)14-15(22-13)12(6-18-19-14)17-5-11-4-10(20)7-21-11/h4,6-8,20H,3,5,16H2,1-2H3,(H,17,19)/t8-/m0/s1. The summed E-state index contributed by atoms with van der Waals surface area (Å²) in [5.74, 6) is 0.311. The van der Waals surface area contributed by atoms with Crippen LogP contribution >= 0.6 is 22.7 Å². The second-order valence-electron chi connectivity index (χ2n) is 5.39. The molecule has 0 saturated heterocycles. The van der Waals surface area contributed by atoms with E-state index in [1.807, 2.05) is 6.92 Å². The second kappa shape index (κ2) is 6.20. The first-order valence-corrected chi connectivity index (χ1v) is 8.73. The molecule has 5 nitrogen and oxygen atoms in total. The summed E-state index contributed by atoms with van der Waals surface area (Å²) in [4.78, 5) is 2.34. The largest absolute Gasteiger partial charge is 0.507 e. The summed E-state index contributed by atoms with van der Waals surface area (Å²) in [5.41, 5.74) is 9.01. The van der Waals surface area contributed by atoms with Gasteiger partial charge in [-0.1, -0.05) is 0 Å². The van der Waals surface area contributed by atoms with Crippen molar-refractivity contribution in [2.24, 2.45) is 5.73 Å². The molecule has 0 aliphatic rings. The van der Waals surface area contributed by atoms with E-state index in [-0.39, 0.29) is 6.04 Å². The van der Waals surface area contributed by atoms with Crippen LogP contribution in [0, 0.1) is 6.92 Å². The molecule has 3 aromatic rings. The summed E-state index contributed by atoms with van der Waals surface area (Å²) in [5, 5.41) is 22.9. The van der Waals surface area contributed by atoms with Crippen LogP contribution in [0.15, 0.2) is 17.6 Å². The highest BCUT2D eigenvalue weighted by atomic mass is 32.1. The zero-order valence-corrected chi connectivity index (χ0v) is 14.1. The topological polar surface area (TPSA) is 84.1 Å². The van der Waals surface area contributed by atoms with Crippen LogP contribution < -0.4 is 11.1 Å². The van der Waals surface area contributed by atoms with Crippen LogP contribution in [0.4, 0.5) is 5.69 Å². The summed E-state index contributed by atoms with van der Waals surface area (Å²) >= 11 is 3.26. The predicted molar refractivity (Wildman–Crippen MR) is 92.8 cm³/mol. The van der Waals surface area contributed by atoms with Gasteiger partial charge in [-0.05, 0) is 31.9 Å². The van der Waals surface area contributed by atoms with Gasteiger partial charge in [-0.3, -0.25) is 0 Å². The highest BCUT2D eigenvalue weighted by molar-refractivity contribution is 7.19. The Morgan fingerprint density at radius 2 is 2.27 bits per heavy atom. The van der Waals surface area contributed by atoms with Crippen molar-refractivity contribution < 1.29 is 5.11 Å². The fraction of sp³-hybridized carbons (Fsp3) is 0.333. The molecule has 0 aliphatic carbocycles. The maximum absolute atomic E-state index is 9.40. The number of nitrogens with zero attached hydrogens (tertiary/aromatic N) is 2. The first-order chi connectivity index (χ1) is 10.5. The molecule has 0 bridgehead atoms. The van der Waals surface area contributed by atoms with Gasteiger partial charge in [0.2, 0.25) is 0 Å². The number of aryl methyl sites for hydroxylation is 1. The van der Waals surface area contributed by atoms with Crippen molar-refractivity contribution >= 4 is 38.6 Å². The van der Waals surface area contributed by atoms with Crippen LogP contribution in [0.2, 0.25) is 0 Å². The molecule has 3 heterocycles. The molecular formula is C15H18N4OS2. The zero-order valence-electron chi connectivity index (χ0n) is 12.5. The van der Waals surface area contributed by atoms with E-state index in [0.717, 1.165) is 27.2 Å². The van der Waals surface area contributed by atoms with Crippen molar-refractivity contribution in [2.75, 3.05) is 5.32 Å². The molecule has 0 spiro atoms. The minimum Gasteiger partial charge on any atom is -0.507 e. The number of anilines is 1. The van der Waals surface area contributed by atoms with Crippen molar-refractivity contribution in [3.8, 4) is 5.75 Å². The van der Waals surface area contributed by atoms with Crippen LogP contribution in [0.3, 0.4) is 0 Å². The molecule has 0 radical (unpaired) electrons. The molecule has 3 rings (SSSR count). The van der Waals surface area contributed by atoms with Crippen molar-refractivity contribution in [3.05, 3.63) is 33.0 Å². The Kier molecular flexibility index (Phi) is 4.28. The van der Waals surface area contributed by atoms with Gasteiger partial charge in [-0.15, -0.1) is 27.8 Å². The monoisotopic (exact) mass is 334 g/mol. The van der Waals surface area contributed by atoms with Gasteiger partial charge in [-0.2, -0.15) is 5.10 Å². The molecule has 1 atom stereocenters. The summed E-state index contributed by atoms with van der Waals surface area (Å²) in [7, 11) is 0. The Morgan fingerprint density at radius 1 is 1.45 bits per heavy atom. The van der Waals surface area contributed by atoms with Crippen LogP contribution in [-0.2, 0) is 13.0 Å².